The topological polar surface area (TPSA) is 133 Å². The van der Waals surface area contributed by atoms with E-state index in [2.05, 4.69) is 32.4 Å². The molecule has 0 bridgehead atoms. The molecule has 4 N–H and O–H groups in total. The highest BCUT2D eigenvalue weighted by atomic mass is 16.5. The first-order chi connectivity index (χ1) is 17.4. The van der Waals surface area contributed by atoms with Crippen molar-refractivity contribution in [3.05, 3.63) is 78.1 Å². The Balaban J connectivity index is 1.53. The summed E-state index contributed by atoms with van der Waals surface area (Å²) in [5, 5.41) is 25.4. The van der Waals surface area contributed by atoms with E-state index in [9.17, 15) is 14.9 Å². The molecule has 0 spiro atoms. The minimum Gasteiger partial charge on any atom is -0.457 e. The second-order valence-electron chi connectivity index (χ2n) is 7.93. The number of nitrogens with one attached hydrogen (secondary N) is 4. The van der Waals surface area contributed by atoms with Crippen LogP contribution in [-0.4, -0.2) is 34.6 Å². The molecule has 0 unspecified atom stereocenters. The third-order valence-electron chi connectivity index (χ3n) is 5.31. The van der Waals surface area contributed by atoms with Gasteiger partial charge in [0.05, 0.1) is 34.8 Å². The lowest BCUT2D eigenvalue weighted by atomic mass is 10.1. The van der Waals surface area contributed by atoms with Gasteiger partial charge in [0.15, 0.2) is 0 Å². The van der Waals surface area contributed by atoms with Crippen LogP contribution in [-0.2, 0) is 4.79 Å². The molecule has 2 heterocycles. The van der Waals surface area contributed by atoms with Crippen LogP contribution in [0, 0.1) is 18.3 Å². The fraction of sp³-hybridized carbons (Fsp3) is 0.154. The van der Waals surface area contributed by atoms with Gasteiger partial charge in [0.25, 0.3) is 0 Å². The average Bonchev–Trinajstić information content (AvgIpc) is 3.19. The maximum Gasteiger partial charge on any atom is 0.319 e. The zero-order valence-electron chi connectivity index (χ0n) is 19.8. The Morgan fingerprint density at radius 2 is 1.72 bits per heavy atom. The second-order valence-corrected chi connectivity index (χ2v) is 7.93. The highest BCUT2D eigenvalue weighted by Crippen LogP contribution is 2.33. The number of nitrogens with zero attached hydrogens (tertiary/aromatic N) is 3. The van der Waals surface area contributed by atoms with Gasteiger partial charge in [-0.15, -0.1) is 0 Å². The monoisotopic (exact) mass is 483 g/mol. The van der Waals surface area contributed by atoms with E-state index in [4.69, 9.17) is 4.74 Å². The van der Waals surface area contributed by atoms with Gasteiger partial charge in [-0.1, -0.05) is 18.2 Å². The zero-order chi connectivity index (χ0) is 25.5. The predicted molar refractivity (Wildman–Crippen MR) is 137 cm³/mol. The first-order valence-corrected chi connectivity index (χ1v) is 11.2. The first-order valence-electron chi connectivity index (χ1n) is 11.2. The Bertz CT molecular complexity index is 1420. The number of aromatic nitrogens is 2. The Kier molecular flexibility index (Phi) is 7.31. The zero-order valence-corrected chi connectivity index (χ0v) is 19.8. The highest BCUT2D eigenvalue weighted by molar-refractivity contribution is 5.95. The smallest absolute Gasteiger partial charge is 0.319 e. The SMILES string of the molecule is CC(=O)NCCNC(=O)Nc1cn2ncc(C#N)c(Nc3ccc(Oc4ccccc4)cc3)c2c1C. The summed E-state index contributed by atoms with van der Waals surface area (Å²) in [6, 6.07) is 18.6. The summed E-state index contributed by atoms with van der Waals surface area (Å²) in [6.07, 6.45) is 3.15. The van der Waals surface area contributed by atoms with Crippen molar-refractivity contribution in [1.29, 1.82) is 5.26 Å². The molecular weight excluding hydrogens is 458 g/mol. The van der Waals surface area contributed by atoms with Crippen LogP contribution in [0.3, 0.4) is 0 Å². The van der Waals surface area contributed by atoms with Gasteiger partial charge in [-0.05, 0) is 43.3 Å². The van der Waals surface area contributed by atoms with Crippen molar-refractivity contribution < 1.29 is 14.3 Å². The number of benzene rings is 2. The van der Waals surface area contributed by atoms with Crippen LogP contribution in [0.15, 0.2) is 67.0 Å². The van der Waals surface area contributed by atoms with Gasteiger partial charge in [0.2, 0.25) is 5.91 Å². The molecule has 0 atom stereocenters. The molecule has 10 heteroatoms. The molecule has 0 fully saturated rings. The number of urea groups is 1. The molecule has 0 aliphatic carbocycles. The largest absolute Gasteiger partial charge is 0.457 e. The molecule has 182 valence electrons. The average molecular weight is 484 g/mol. The van der Waals surface area contributed by atoms with Crippen LogP contribution >= 0.6 is 0 Å². The van der Waals surface area contributed by atoms with Crippen molar-refractivity contribution in [2.24, 2.45) is 0 Å². The maximum absolute atomic E-state index is 12.3. The van der Waals surface area contributed by atoms with Gasteiger partial charge < -0.3 is 26.0 Å². The van der Waals surface area contributed by atoms with Crippen molar-refractivity contribution in [3.63, 3.8) is 0 Å². The summed E-state index contributed by atoms with van der Waals surface area (Å²) in [6.45, 7) is 3.87. The Hall–Kier alpha value is -5.04. The number of aryl methyl sites for hydroxylation is 1. The number of carbonyl (C=O) groups excluding carboxylic acids is 2. The van der Waals surface area contributed by atoms with Crippen molar-refractivity contribution in [2.45, 2.75) is 13.8 Å². The minimum absolute atomic E-state index is 0.163. The first kappa shape index (κ1) is 24.1. The molecule has 0 aliphatic heterocycles. The molecule has 3 amide bonds. The van der Waals surface area contributed by atoms with Crippen molar-refractivity contribution >= 4 is 34.5 Å². The van der Waals surface area contributed by atoms with Crippen molar-refractivity contribution in [3.8, 4) is 17.6 Å². The van der Waals surface area contributed by atoms with E-state index in [0.29, 0.717) is 34.7 Å². The molecule has 2 aromatic carbocycles. The van der Waals surface area contributed by atoms with Crippen LogP contribution in [0.4, 0.5) is 21.9 Å². The molecule has 4 aromatic rings. The number of para-hydroxylation sites is 1. The lowest BCUT2D eigenvalue weighted by Crippen LogP contribution is -2.36. The van der Waals surface area contributed by atoms with E-state index >= 15 is 0 Å². The molecule has 0 radical (unpaired) electrons. The van der Waals surface area contributed by atoms with Crippen molar-refractivity contribution in [1.82, 2.24) is 20.2 Å². The van der Waals surface area contributed by atoms with Gasteiger partial charge in [-0.25, -0.2) is 9.31 Å². The summed E-state index contributed by atoms with van der Waals surface area (Å²) in [5.41, 5.74) is 3.63. The van der Waals surface area contributed by atoms with Gasteiger partial charge >= 0.3 is 6.03 Å². The van der Waals surface area contributed by atoms with E-state index in [1.807, 2.05) is 61.5 Å². The Morgan fingerprint density at radius 3 is 2.42 bits per heavy atom. The molecule has 4 rings (SSSR count). The highest BCUT2D eigenvalue weighted by Gasteiger charge is 2.17. The lowest BCUT2D eigenvalue weighted by Gasteiger charge is -2.12. The molecule has 36 heavy (non-hydrogen) atoms. The molecule has 0 aliphatic rings. The number of carbonyl (C=O) groups is 2. The summed E-state index contributed by atoms with van der Waals surface area (Å²) in [7, 11) is 0. The van der Waals surface area contributed by atoms with Crippen LogP contribution in [0.5, 0.6) is 11.5 Å². The quantitative estimate of drug-likeness (QED) is 0.276. The standard InChI is InChI=1S/C26H25N7O3/c1-17-23(32-26(35)29-13-12-28-18(2)34)16-33-25(17)24(19(14-27)15-30-33)31-20-8-10-22(11-9-20)36-21-6-4-3-5-7-21/h3-11,15-16,31H,12-13H2,1-2H3,(H,28,34)(H2,29,32,35). The number of nitriles is 1. The van der Waals surface area contributed by atoms with Crippen LogP contribution in [0.2, 0.25) is 0 Å². The number of rotatable bonds is 8. The number of fused-ring (bicyclic) bond motifs is 1. The minimum atomic E-state index is -0.414. The molecular formula is C26H25N7O3. The number of hydrogen-bond acceptors (Lipinski definition) is 6. The Labute approximate surface area is 207 Å². The molecule has 0 saturated heterocycles. The van der Waals surface area contributed by atoms with Gasteiger partial charge in [0.1, 0.15) is 17.6 Å². The summed E-state index contributed by atoms with van der Waals surface area (Å²) < 4.78 is 7.45. The summed E-state index contributed by atoms with van der Waals surface area (Å²) in [4.78, 5) is 23.2. The number of anilines is 3. The number of hydrogen-bond donors (Lipinski definition) is 4. The van der Waals surface area contributed by atoms with E-state index in [1.54, 1.807) is 10.7 Å². The van der Waals surface area contributed by atoms with Crippen LogP contribution < -0.4 is 26.0 Å². The number of amides is 3. The third-order valence-corrected chi connectivity index (χ3v) is 5.31. The fourth-order valence-electron chi connectivity index (χ4n) is 3.58. The van der Waals surface area contributed by atoms with Crippen LogP contribution in [0.25, 0.3) is 5.52 Å². The van der Waals surface area contributed by atoms with E-state index < -0.39 is 6.03 Å². The maximum atomic E-state index is 12.3. The van der Waals surface area contributed by atoms with E-state index in [0.717, 1.165) is 17.0 Å². The third kappa shape index (κ3) is 5.71. The molecule has 2 aromatic heterocycles. The summed E-state index contributed by atoms with van der Waals surface area (Å²) >= 11 is 0. The van der Waals surface area contributed by atoms with Gasteiger partial charge in [-0.3, -0.25) is 4.79 Å². The number of ether oxygens (including phenoxy) is 1. The van der Waals surface area contributed by atoms with Crippen LogP contribution in [0.1, 0.15) is 18.1 Å². The fourth-order valence-corrected chi connectivity index (χ4v) is 3.58. The molecule has 0 saturated carbocycles. The second kappa shape index (κ2) is 10.9. The van der Waals surface area contributed by atoms with Crippen molar-refractivity contribution in [2.75, 3.05) is 23.7 Å². The van der Waals surface area contributed by atoms with Gasteiger partial charge in [-0.2, -0.15) is 10.4 Å². The molecule has 10 nitrogen and oxygen atoms in total. The van der Waals surface area contributed by atoms with E-state index in [-0.39, 0.29) is 12.5 Å². The summed E-state index contributed by atoms with van der Waals surface area (Å²) in [5.74, 6) is 1.26. The predicted octanol–water partition coefficient (Wildman–Crippen LogP) is 4.31. The Morgan fingerprint density at radius 1 is 1.03 bits per heavy atom. The van der Waals surface area contributed by atoms with E-state index in [1.165, 1.54) is 13.1 Å². The normalized spacial score (nSPS) is 10.4. The van der Waals surface area contributed by atoms with Gasteiger partial charge in [0, 0.05) is 31.3 Å². The lowest BCUT2D eigenvalue weighted by molar-refractivity contribution is -0.118.